The van der Waals surface area contributed by atoms with Crippen molar-refractivity contribution in [1.29, 1.82) is 0 Å². The molecule has 2 aliphatic rings. The van der Waals surface area contributed by atoms with Crippen LogP contribution in [0.2, 0.25) is 0 Å². The third-order valence-corrected chi connectivity index (χ3v) is 5.74. The van der Waals surface area contributed by atoms with Crippen LogP contribution in [0.4, 0.5) is 4.39 Å². The number of methoxy groups -OCH3 is 1. The summed E-state index contributed by atoms with van der Waals surface area (Å²) in [6.07, 6.45) is -0.247. The molecule has 0 radical (unpaired) electrons. The molecule has 2 fully saturated rings. The molecule has 2 aromatic carbocycles. The van der Waals surface area contributed by atoms with E-state index in [0.717, 1.165) is 5.56 Å². The van der Waals surface area contributed by atoms with Gasteiger partial charge in [-0.25, -0.2) is 13.9 Å². The molecule has 5 rings (SSSR count). The van der Waals surface area contributed by atoms with Crippen molar-refractivity contribution in [1.82, 2.24) is 15.0 Å². The van der Waals surface area contributed by atoms with Gasteiger partial charge in [0.25, 0.3) is 0 Å². The molecule has 0 amide bonds. The number of esters is 1. The third-order valence-electron chi connectivity index (χ3n) is 5.74. The van der Waals surface area contributed by atoms with Crippen molar-refractivity contribution in [2.75, 3.05) is 13.7 Å². The van der Waals surface area contributed by atoms with Crippen LogP contribution < -0.4 is 0 Å². The molecule has 32 heavy (non-hydrogen) atoms. The van der Waals surface area contributed by atoms with Crippen molar-refractivity contribution >= 4 is 5.97 Å². The fraction of sp³-hybridized carbons (Fsp3) is 0.348. The fourth-order valence-corrected chi connectivity index (χ4v) is 4.17. The van der Waals surface area contributed by atoms with Gasteiger partial charge in [0.15, 0.2) is 12.4 Å². The molecule has 0 aliphatic carbocycles. The number of hydrogen-bond acceptors (Lipinski definition) is 7. The van der Waals surface area contributed by atoms with Gasteiger partial charge in [-0.2, -0.15) is 0 Å². The number of aromatic nitrogens is 3. The van der Waals surface area contributed by atoms with E-state index in [0.29, 0.717) is 17.7 Å². The first-order valence-corrected chi connectivity index (χ1v) is 10.4. The van der Waals surface area contributed by atoms with Crippen LogP contribution in [0.15, 0.2) is 60.8 Å². The summed E-state index contributed by atoms with van der Waals surface area (Å²) in [7, 11) is 1.32. The van der Waals surface area contributed by atoms with E-state index in [9.17, 15) is 9.18 Å². The first-order chi connectivity index (χ1) is 15.6. The monoisotopic (exact) mass is 439 g/mol. The van der Waals surface area contributed by atoms with E-state index in [-0.39, 0.29) is 18.5 Å². The first kappa shape index (κ1) is 20.7. The standard InChI is InChI=1S/C23H22FN3O5/c1-29-22(28)19-11-18(27-12-17(25-26-27)15-8-5-9-16(24)10-15)21-20(31-19)13-30-23(32-21)14-6-3-2-4-7-14/h2-10,12,18-21,23H,11,13H2,1H3/t18-,19-,20-,21-,23?/m1/s1. The minimum Gasteiger partial charge on any atom is -0.467 e. The van der Waals surface area contributed by atoms with Crippen molar-refractivity contribution in [2.45, 2.75) is 37.1 Å². The molecule has 0 N–H and O–H groups in total. The molecule has 9 heteroatoms. The quantitative estimate of drug-likeness (QED) is 0.578. The highest BCUT2D eigenvalue weighted by atomic mass is 19.1. The molecule has 3 heterocycles. The molecular weight excluding hydrogens is 417 g/mol. The predicted molar refractivity (Wildman–Crippen MR) is 110 cm³/mol. The Morgan fingerprint density at radius 1 is 1.16 bits per heavy atom. The van der Waals surface area contributed by atoms with Gasteiger partial charge in [0.05, 0.1) is 26.0 Å². The second-order valence-electron chi connectivity index (χ2n) is 7.76. The summed E-state index contributed by atoms with van der Waals surface area (Å²) in [6, 6.07) is 15.4. The van der Waals surface area contributed by atoms with Crippen LogP contribution in [0.25, 0.3) is 11.3 Å². The van der Waals surface area contributed by atoms with Crippen molar-refractivity contribution < 1.29 is 28.1 Å². The zero-order valence-corrected chi connectivity index (χ0v) is 17.3. The molecule has 166 valence electrons. The molecule has 3 aromatic rings. The molecule has 0 bridgehead atoms. The fourth-order valence-electron chi connectivity index (χ4n) is 4.17. The number of carbonyl (C=O) groups excluding carboxylic acids is 1. The van der Waals surface area contributed by atoms with Gasteiger partial charge in [0.1, 0.15) is 23.7 Å². The molecule has 0 saturated carbocycles. The SMILES string of the molecule is COC(=O)[C@H]1C[C@@H](n2cc(-c3cccc(F)c3)nn2)[C@H]2OC(c3ccccc3)OC[C@H]2O1. The predicted octanol–water partition coefficient (Wildman–Crippen LogP) is 3.07. The second-order valence-corrected chi connectivity index (χ2v) is 7.76. The van der Waals surface area contributed by atoms with Crippen molar-refractivity contribution in [3.8, 4) is 11.3 Å². The average molecular weight is 439 g/mol. The highest BCUT2D eigenvalue weighted by molar-refractivity contribution is 5.74. The first-order valence-electron chi connectivity index (χ1n) is 10.4. The van der Waals surface area contributed by atoms with E-state index >= 15 is 0 Å². The van der Waals surface area contributed by atoms with E-state index in [4.69, 9.17) is 18.9 Å². The largest absolute Gasteiger partial charge is 0.467 e. The number of benzene rings is 2. The molecule has 2 saturated heterocycles. The van der Waals surface area contributed by atoms with Gasteiger partial charge in [-0.1, -0.05) is 47.7 Å². The van der Waals surface area contributed by atoms with Gasteiger partial charge < -0.3 is 18.9 Å². The highest BCUT2D eigenvalue weighted by Crippen LogP contribution is 2.39. The van der Waals surface area contributed by atoms with E-state index < -0.39 is 30.6 Å². The topological polar surface area (TPSA) is 84.7 Å². The van der Waals surface area contributed by atoms with Gasteiger partial charge in [0, 0.05) is 17.5 Å². The number of fused-ring (bicyclic) bond motifs is 1. The number of carbonyl (C=O) groups is 1. The van der Waals surface area contributed by atoms with Crippen LogP contribution in [-0.2, 0) is 23.7 Å². The van der Waals surface area contributed by atoms with Crippen LogP contribution >= 0.6 is 0 Å². The average Bonchev–Trinajstić information content (AvgIpc) is 3.33. The Morgan fingerprint density at radius 2 is 2.00 bits per heavy atom. The maximum atomic E-state index is 13.7. The molecular formula is C23H22FN3O5. The Morgan fingerprint density at radius 3 is 2.78 bits per heavy atom. The Hall–Kier alpha value is -3.14. The molecule has 1 aromatic heterocycles. The third kappa shape index (κ3) is 4.02. The number of ether oxygens (including phenoxy) is 4. The second kappa shape index (κ2) is 8.78. The summed E-state index contributed by atoms with van der Waals surface area (Å²) in [4.78, 5) is 12.3. The summed E-state index contributed by atoms with van der Waals surface area (Å²) in [5.74, 6) is -0.823. The lowest BCUT2D eigenvalue weighted by Crippen LogP contribution is -2.54. The maximum absolute atomic E-state index is 13.7. The van der Waals surface area contributed by atoms with E-state index in [2.05, 4.69) is 10.3 Å². The molecule has 1 unspecified atom stereocenters. The lowest BCUT2D eigenvalue weighted by molar-refractivity contribution is -0.298. The van der Waals surface area contributed by atoms with Crippen molar-refractivity contribution in [3.63, 3.8) is 0 Å². The molecule has 8 nitrogen and oxygen atoms in total. The zero-order chi connectivity index (χ0) is 22.1. The Bertz CT molecular complexity index is 1090. The van der Waals surface area contributed by atoms with Crippen LogP contribution in [0.3, 0.4) is 0 Å². The lowest BCUT2D eigenvalue weighted by atomic mass is 9.94. The van der Waals surface area contributed by atoms with Gasteiger partial charge in [0.2, 0.25) is 0 Å². The number of hydrogen-bond donors (Lipinski definition) is 0. The van der Waals surface area contributed by atoms with Gasteiger partial charge in [-0.15, -0.1) is 5.10 Å². The van der Waals surface area contributed by atoms with Gasteiger partial charge >= 0.3 is 5.97 Å². The van der Waals surface area contributed by atoms with Crippen molar-refractivity contribution in [3.05, 3.63) is 72.2 Å². The summed E-state index contributed by atoms with van der Waals surface area (Å²) in [5.41, 5.74) is 2.02. The van der Waals surface area contributed by atoms with Crippen LogP contribution in [0.5, 0.6) is 0 Å². The van der Waals surface area contributed by atoms with E-state index in [1.165, 1.54) is 19.2 Å². The lowest BCUT2D eigenvalue weighted by Gasteiger charge is -2.45. The Balaban J connectivity index is 1.45. The molecule has 5 atom stereocenters. The summed E-state index contributed by atoms with van der Waals surface area (Å²) in [6.45, 7) is 0.250. The molecule has 2 aliphatic heterocycles. The normalized spacial score (nSPS) is 27.5. The van der Waals surface area contributed by atoms with Crippen LogP contribution in [0.1, 0.15) is 24.3 Å². The Labute approximate surface area is 183 Å². The maximum Gasteiger partial charge on any atom is 0.335 e. The summed E-state index contributed by atoms with van der Waals surface area (Å²) < 4.78 is 38.3. The molecule has 0 spiro atoms. The Kier molecular flexibility index (Phi) is 5.69. The minimum atomic E-state index is -0.784. The zero-order valence-electron chi connectivity index (χ0n) is 17.3. The number of nitrogens with zero attached hydrogens (tertiary/aromatic N) is 3. The van der Waals surface area contributed by atoms with E-state index in [1.54, 1.807) is 23.0 Å². The van der Waals surface area contributed by atoms with Crippen molar-refractivity contribution in [2.24, 2.45) is 0 Å². The number of halogens is 1. The highest BCUT2D eigenvalue weighted by Gasteiger charge is 2.47. The van der Waals surface area contributed by atoms with Crippen LogP contribution in [-0.4, -0.2) is 53.0 Å². The number of rotatable bonds is 4. The van der Waals surface area contributed by atoms with Gasteiger partial charge in [-0.05, 0) is 12.1 Å². The van der Waals surface area contributed by atoms with Crippen LogP contribution in [0, 0.1) is 5.82 Å². The summed E-state index contributed by atoms with van der Waals surface area (Å²) >= 11 is 0. The minimum absolute atomic E-state index is 0.250. The summed E-state index contributed by atoms with van der Waals surface area (Å²) in [5, 5.41) is 8.48. The van der Waals surface area contributed by atoms with E-state index in [1.807, 2.05) is 30.3 Å². The van der Waals surface area contributed by atoms with Gasteiger partial charge in [-0.3, -0.25) is 0 Å². The smallest absolute Gasteiger partial charge is 0.335 e.